The Hall–Kier alpha value is -2.47. The first-order chi connectivity index (χ1) is 15.5. The molecule has 1 unspecified atom stereocenters. The van der Waals surface area contributed by atoms with Crippen LogP contribution in [0, 0.1) is 5.41 Å². The molecule has 1 N–H and O–H groups in total. The van der Waals surface area contributed by atoms with Crippen LogP contribution in [0.3, 0.4) is 0 Å². The third-order valence-electron chi connectivity index (χ3n) is 6.48. The lowest BCUT2D eigenvalue weighted by molar-refractivity contribution is -0.150. The van der Waals surface area contributed by atoms with Crippen molar-refractivity contribution in [1.29, 1.82) is 0 Å². The van der Waals surface area contributed by atoms with Crippen LogP contribution in [0.5, 0.6) is 5.75 Å². The maximum atomic E-state index is 13.0. The number of thioether (sulfide) groups is 1. The molecule has 1 saturated carbocycles. The number of hydrogen-bond donors (Lipinski definition) is 1. The number of carbonyl (C=O) groups is 2. The Balaban J connectivity index is 1.39. The van der Waals surface area contributed by atoms with Gasteiger partial charge in [0.1, 0.15) is 12.4 Å². The first kappa shape index (κ1) is 22.7. The van der Waals surface area contributed by atoms with E-state index in [1.54, 1.807) is 0 Å². The SMILES string of the molecule is CC1(COc2ccc(CC3(C(=O)OCc4ccccc4)SCNC3=O)cc2)CCCCC1. The summed E-state index contributed by atoms with van der Waals surface area (Å²) in [5.74, 6) is 0.446. The summed E-state index contributed by atoms with van der Waals surface area (Å²) in [6.45, 7) is 3.18. The molecule has 2 aromatic carbocycles. The minimum atomic E-state index is -1.26. The Morgan fingerprint density at radius 3 is 2.38 bits per heavy atom. The minimum absolute atomic E-state index is 0.154. The van der Waals surface area contributed by atoms with Crippen molar-refractivity contribution in [1.82, 2.24) is 5.32 Å². The second-order valence-electron chi connectivity index (χ2n) is 9.16. The molecule has 0 spiro atoms. The predicted octanol–water partition coefficient (Wildman–Crippen LogP) is 4.88. The summed E-state index contributed by atoms with van der Waals surface area (Å²) in [4.78, 5) is 25.7. The fourth-order valence-electron chi connectivity index (χ4n) is 4.43. The number of benzene rings is 2. The Bertz CT molecular complexity index is 925. The average Bonchev–Trinajstić information content (AvgIpc) is 3.19. The molecule has 1 aliphatic carbocycles. The highest BCUT2D eigenvalue weighted by atomic mass is 32.2. The zero-order valence-corrected chi connectivity index (χ0v) is 19.4. The standard InChI is InChI=1S/C26H31NO4S/c1-25(14-6-3-7-15-25)18-31-22-12-10-20(11-13-22)16-26(23(28)27-19-32-26)24(29)30-17-21-8-4-2-5-9-21/h2,4-5,8-13H,3,6-7,14-19H2,1H3,(H,27,28). The zero-order valence-electron chi connectivity index (χ0n) is 18.6. The molecule has 0 radical (unpaired) electrons. The van der Waals surface area contributed by atoms with Gasteiger partial charge in [0.25, 0.3) is 0 Å². The van der Waals surface area contributed by atoms with Crippen LogP contribution in [0.25, 0.3) is 0 Å². The number of hydrogen-bond acceptors (Lipinski definition) is 5. The lowest BCUT2D eigenvalue weighted by atomic mass is 9.76. The molecule has 0 aromatic heterocycles. The molecule has 1 amide bonds. The van der Waals surface area contributed by atoms with E-state index >= 15 is 0 Å². The summed E-state index contributed by atoms with van der Waals surface area (Å²) in [5, 5.41) is 2.78. The molecule has 1 saturated heterocycles. The highest BCUT2D eigenvalue weighted by Crippen LogP contribution is 2.37. The van der Waals surface area contributed by atoms with Gasteiger partial charge in [-0.05, 0) is 36.1 Å². The maximum Gasteiger partial charge on any atom is 0.332 e. The van der Waals surface area contributed by atoms with Crippen molar-refractivity contribution >= 4 is 23.6 Å². The van der Waals surface area contributed by atoms with Crippen molar-refractivity contribution in [3.8, 4) is 5.75 Å². The van der Waals surface area contributed by atoms with Gasteiger partial charge < -0.3 is 14.8 Å². The molecule has 4 rings (SSSR count). The Morgan fingerprint density at radius 2 is 1.72 bits per heavy atom. The summed E-state index contributed by atoms with van der Waals surface area (Å²) in [5.41, 5.74) is 2.05. The summed E-state index contributed by atoms with van der Waals surface area (Å²) in [6.07, 6.45) is 6.60. The van der Waals surface area contributed by atoms with Crippen LogP contribution in [0.15, 0.2) is 54.6 Å². The zero-order chi connectivity index (χ0) is 22.4. The van der Waals surface area contributed by atoms with Crippen molar-refractivity contribution in [2.75, 3.05) is 12.5 Å². The van der Waals surface area contributed by atoms with Gasteiger partial charge in [-0.15, -0.1) is 11.8 Å². The fraction of sp³-hybridized carbons (Fsp3) is 0.462. The molecular formula is C26H31NO4S. The van der Waals surface area contributed by atoms with E-state index in [1.165, 1.54) is 43.9 Å². The first-order valence-corrected chi connectivity index (χ1v) is 12.3. The van der Waals surface area contributed by atoms with E-state index in [0.29, 0.717) is 5.88 Å². The van der Waals surface area contributed by atoms with Gasteiger partial charge >= 0.3 is 5.97 Å². The molecule has 2 aromatic rings. The van der Waals surface area contributed by atoms with E-state index in [1.807, 2.05) is 54.6 Å². The average molecular weight is 454 g/mol. The monoisotopic (exact) mass is 453 g/mol. The van der Waals surface area contributed by atoms with Gasteiger partial charge in [-0.2, -0.15) is 0 Å². The molecule has 2 aliphatic rings. The molecule has 1 atom stereocenters. The summed E-state index contributed by atoms with van der Waals surface area (Å²) in [6, 6.07) is 17.2. The van der Waals surface area contributed by atoms with E-state index in [4.69, 9.17) is 9.47 Å². The van der Waals surface area contributed by atoms with Gasteiger partial charge in [0.15, 0.2) is 4.75 Å². The summed E-state index contributed by atoms with van der Waals surface area (Å²) >= 11 is 1.30. The topological polar surface area (TPSA) is 64.6 Å². The van der Waals surface area contributed by atoms with Crippen LogP contribution in [-0.2, 0) is 27.4 Å². The highest BCUT2D eigenvalue weighted by molar-refractivity contribution is 8.02. The lowest BCUT2D eigenvalue weighted by Crippen LogP contribution is -2.46. The molecule has 170 valence electrons. The number of esters is 1. The number of nitrogens with one attached hydrogen (secondary N) is 1. The second-order valence-corrected chi connectivity index (χ2v) is 10.4. The van der Waals surface area contributed by atoms with E-state index in [0.717, 1.165) is 23.5 Å². The maximum absolute atomic E-state index is 13.0. The third-order valence-corrected chi connectivity index (χ3v) is 7.76. The van der Waals surface area contributed by atoms with E-state index < -0.39 is 10.7 Å². The van der Waals surface area contributed by atoms with Gasteiger partial charge in [0, 0.05) is 11.8 Å². The Kier molecular flexibility index (Phi) is 7.09. The molecule has 1 aliphatic heterocycles. The third kappa shape index (κ3) is 5.29. The van der Waals surface area contributed by atoms with Crippen molar-refractivity contribution in [3.63, 3.8) is 0 Å². The molecule has 0 bridgehead atoms. The fourth-order valence-corrected chi connectivity index (χ4v) is 5.52. The van der Waals surface area contributed by atoms with Crippen LogP contribution < -0.4 is 10.1 Å². The second kappa shape index (κ2) is 9.99. The largest absolute Gasteiger partial charge is 0.493 e. The van der Waals surface area contributed by atoms with Gasteiger partial charge in [0.2, 0.25) is 5.91 Å². The molecule has 1 heterocycles. The first-order valence-electron chi connectivity index (χ1n) is 11.3. The number of amides is 1. The van der Waals surface area contributed by atoms with Crippen molar-refractivity contribution < 1.29 is 19.1 Å². The van der Waals surface area contributed by atoms with Gasteiger partial charge in [-0.25, -0.2) is 4.79 Å². The number of rotatable bonds is 8. The smallest absolute Gasteiger partial charge is 0.332 e. The summed E-state index contributed by atoms with van der Waals surface area (Å²) in [7, 11) is 0. The van der Waals surface area contributed by atoms with Crippen LogP contribution in [0.2, 0.25) is 0 Å². The summed E-state index contributed by atoms with van der Waals surface area (Å²) < 4.78 is 10.4. The molecule has 5 nitrogen and oxygen atoms in total. The van der Waals surface area contributed by atoms with Crippen molar-refractivity contribution in [2.24, 2.45) is 5.41 Å². The van der Waals surface area contributed by atoms with Crippen molar-refractivity contribution in [3.05, 3.63) is 65.7 Å². The lowest BCUT2D eigenvalue weighted by Gasteiger charge is -2.33. The molecular weight excluding hydrogens is 422 g/mol. The molecule has 2 fully saturated rings. The van der Waals surface area contributed by atoms with E-state index in [2.05, 4.69) is 12.2 Å². The number of carbonyl (C=O) groups excluding carboxylic acids is 2. The van der Waals surface area contributed by atoms with Crippen molar-refractivity contribution in [2.45, 2.75) is 56.8 Å². The van der Waals surface area contributed by atoms with Crippen LogP contribution >= 0.6 is 11.8 Å². The Labute approximate surface area is 194 Å². The number of ether oxygens (including phenoxy) is 2. The predicted molar refractivity (Wildman–Crippen MR) is 126 cm³/mol. The minimum Gasteiger partial charge on any atom is -0.493 e. The van der Waals surface area contributed by atoms with Crippen LogP contribution in [-0.4, -0.2) is 29.1 Å². The Morgan fingerprint density at radius 1 is 1.00 bits per heavy atom. The van der Waals surface area contributed by atoms with Gasteiger partial charge in [0.05, 0.1) is 12.5 Å². The van der Waals surface area contributed by atoms with E-state index in [-0.39, 0.29) is 24.3 Å². The normalized spacial score (nSPS) is 22.2. The van der Waals surface area contributed by atoms with E-state index in [9.17, 15) is 9.59 Å². The highest BCUT2D eigenvalue weighted by Gasteiger charge is 2.51. The van der Waals surface area contributed by atoms with Gasteiger partial charge in [-0.3, -0.25) is 4.79 Å². The van der Waals surface area contributed by atoms with Gasteiger partial charge in [-0.1, -0.05) is 68.7 Å². The molecule has 32 heavy (non-hydrogen) atoms. The van der Waals surface area contributed by atoms with Crippen LogP contribution in [0.1, 0.15) is 50.2 Å². The quantitative estimate of drug-likeness (QED) is 0.456. The molecule has 6 heteroatoms. The van der Waals surface area contributed by atoms with Crippen LogP contribution in [0.4, 0.5) is 0 Å².